The van der Waals surface area contributed by atoms with Crippen molar-refractivity contribution >= 4 is 29.2 Å². The van der Waals surface area contributed by atoms with Crippen LogP contribution in [-0.2, 0) is 4.79 Å². The molecule has 4 amide bonds. The van der Waals surface area contributed by atoms with E-state index in [0.717, 1.165) is 5.56 Å². The number of imide groups is 1. The van der Waals surface area contributed by atoms with E-state index in [-0.39, 0.29) is 30.4 Å². The summed E-state index contributed by atoms with van der Waals surface area (Å²) in [4.78, 5) is 40.6. The molecule has 1 N–H and O–H groups in total. The van der Waals surface area contributed by atoms with Crippen LogP contribution in [0.4, 0.5) is 4.79 Å². The summed E-state index contributed by atoms with van der Waals surface area (Å²) < 4.78 is 0. The van der Waals surface area contributed by atoms with Gasteiger partial charge in [-0.2, -0.15) is 0 Å². The van der Waals surface area contributed by atoms with Crippen molar-refractivity contribution in [3.05, 3.63) is 47.3 Å². The lowest BCUT2D eigenvalue weighted by Crippen LogP contribution is -2.49. The zero-order chi connectivity index (χ0) is 18.1. The van der Waals surface area contributed by atoms with Crippen LogP contribution < -0.4 is 5.32 Å². The number of likely N-dealkylation sites (tertiary alicyclic amines) is 1. The largest absolute Gasteiger partial charge is 0.338 e. The Balaban J connectivity index is 1.39. The summed E-state index contributed by atoms with van der Waals surface area (Å²) in [6, 6.07) is 11.3. The molecular formula is C19H19N3O3S. The van der Waals surface area contributed by atoms with Crippen molar-refractivity contribution < 1.29 is 14.4 Å². The van der Waals surface area contributed by atoms with E-state index in [4.69, 9.17) is 0 Å². The number of carbonyl (C=O) groups is 3. The number of urea groups is 1. The molecule has 2 aliphatic rings. The van der Waals surface area contributed by atoms with Gasteiger partial charge in [0.25, 0.3) is 5.91 Å². The zero-order valence-corrected chi connectivity index (χ0v) is 15.0. The highest BCUT2D eigenvalue weighted by Gasteiger charge is 2.37. The van der Waals surface area contributed by atoms with E-state index in [1.807, 2.05) is 35.7 Å². The first kappa shape index (κ1) is 16.8. The molecule has 0 unspecified atom stereocenters. The number of benzene rings is 1. The molecule has 0 radical (unpaired) electrons. The van der Waals surface area contributed by atoms with Gasteiger partial charge in [0.2, 0.25) is 5.91 Å². The van der Waals surface area contributed by atoms with Crippen molar-refractivity contribution in [1.29, 1.82) is 0 Å². The molecule has 2 aromatic rings. The highest BCUT2D eigenvalue weighted by Crippen LogP contribution is 2.26. The number of piperidine rings is 1. The van der Waals surface area contributed by atoms with Crippen LogP contribution in [0.2, 0.25) is 0 Å². The Labute approximate surface area is 155 Å². The number of nitrogens with zero attached hydrogens (tertiary/aromatic N) is 2. The second-order valence-electron chi connectivity index (χ2n) is 6.50. The molecule has 0 spiro atoms. The standard InChI is InChI=1S/C19H19N3O3S/c23-17-12-20-19(25)22(17)15-7-9-21(10-8-15)18(24)14-5-3-13(4-6-14)16-2-1-11-26-16/h1-6,11,15H,7-10,12H2,(H,20,25). The fourth-order valence-electron chi connectivity index (χ4n) is 3.53. The minimum Gasteiger partial charge on any atom is -0.338 e. The lowest BCUT2D eigenvalue weighted by atomic mass is 10.0. The topological polar surface area (TPSA) is 69.7 Å². The third-order valence-electron chi connectivity index (χ3n) is 4.93. The molecule has 2 aliphatic heterocycles. The van der Waals surface area contributed by atoms with Crippen LogP contribution in [0.15, 0.2) is 41.8 Å². The number of thiophene rings is 1. The molecule has 1 aromatic carbocycles. The molecule has 26 heavy (non-hydrogen) atoms. The molecule has 0 atom stereocenters. The maximum atomic E-state index is 12.7. The highest BCUT2D eigenvalue weighted by atomic mass is 32.1. The van der Waals surface area contributed by atoms with Gasteiger partial charge in [0.1, 0.15) is 0 Å². The lowest BCUT2D eigenvalue weighted by molar-refractivity contribution is -0.127. The summed E-state index contributed by atoms with van der Waals surface area (Å²) in [5, 5.41) is 4.58. The summed E-state index contributed by atoms with van der Waals surface area (Å²) in [5.74, 6) is -0.178. The number of hydrogen-bond acceptors (Lipinski definition) is 4. The summed E-state index contributed by atoms with van der Waals surface area (Å²) in [6.07, 6.45) is 1.25. The second kappa shape index (κ2) is 6.92. The number of rotatable bonds is 3. The lowest BCUT2D eigenvalue weighted by Gasteiger charge is -2.35. The molecule has 2 fully saturated rings. The van der Waals surface area contributed by atoms with E-state index in [1.165, 1.54) is 9.78 Å². The van der Waals surface area contributed by atoms with Gasteiger partial charge >= 0.3 is 6.03 Å². The van der Waals surface area contributed by atoms with Crippen LogP contribution in [-0.4, -0.2) is 53.3 Å². The molecule has 2 saturated heterocycles. The van der Waals surface area contributed by atoms with Gasteiger partial charge in [-0.15, -0.1) is 11.3 Å². The van der Waals surface area contributed by atoms with Crippen molar-refractivity contribution in [3.63, 3.8) is 0 Å². The zero-order valence-electron chi connectivity index (χ0n) is 14.2. The van der Waals surface area contributed by atoms with Gasteiger partial charge < -0.3 is 10.2 Å². The smallest absolute Gasteiger partial charge is 0.324 e. The Kier molecular flexibility index (Phi) is 4.46. The third-order valence-corrected chi connectivity index (χ3v) is 5.85. The molecule has 0 saturated carbocycles. The van der Waals surface area contributed by atoms with Crippen LogP contribution in [0.25, 0.3) is 10.4 Å². The molecule has 134 valence electrons. The monoisotopic (exact) mass is 369 g/mol. The van der Waals surface area contributed by atoms with E-state index < -0.39 is 0 Å². The molecule has 3 heterocycles. The Hall–Kier alpha value is -2.67. The first-order valence-corrected chi connectivity index (χ1v) is 9.54. The fraction of sp³-hybridized carbons (Fsp3) is 0.316. The van der Waals surface area contributed by atoms with Crippen LogP contribution >= 0.6 is 11.3 Å². The third kappa shape index (κ3) is 3.10. The van der Waals surface area contributed by atoms with Gasteiger partial charge in [0.05, 0.1) is 6.54 Å². The van der Waals surface area contributed by atoms with Gasteiger partial charge in [-0.05, 0) is 42.0 Å². The van der Waals surface area contributed by atoms with Crippen LogP contribution in [0.5, 0.6) is 0 Å². The van der Waals surface area contributed by atoms with E-state index in [0.29, 0.717) is 31.5 Å². The van der Waals surface area contributed by atoms with E-state index >= 15 is 0 Å². The minimum atomic E-state index is -0.316. The average Bonchev–Trinajstić information content (AvgIpc) is 3.32. The van der Waals surface area contributed by atoms with Gasteiger partial charge in [0, 0.05) is 29.6 Å². The first-order chi connectivity index (χ1) is 12.6. The molecule has 0 aliphatic carbocycles. The Morgan fingerprint density at radius 1 is 1.08 bits per heavy atom. The van der Waals surface area contributed by atoms with Crippen molar-refractivity contribution in [2.75, 3.05) is 19.6 Å². The molecule has 0 bridgehead atoms. The van der Waals surface area contributed by atoms with E-state index in [2.05, 4.69) is 11.4 Å². The van der Waals surface area contributed by atoms with Crippen molar-refractivity contribution in [3.8, 4) is 10.4 Å². The van der Waals surface area contributed by atoms with Crippen molar-refractivity contribution in [1.82, 2.24) is 15.1 Å². The Morgan fingerprint density at radius 2 is 1.81 bits per heavy atom. The molecule has 4 rings (SSSR count). The van der Waals surface area contributed by atoms with Crippen LogP contribution in [0.1, 0.15) is 23.2 Å². The molecular weight excluding hydrogens is 350 g/mol. The second-order valence-corrected chi connectivity index (χ2v) is 7.45. The highest BCUT2D eigenvalue weighted by molar-refractivity contribution is 7.13. The van der Waals surface area contributed by atoms with Crippen molar-refractivity contribution in [2.24, 2.45) is 0 Å². The number of hydrogen-bond donors (Lipinski definition) is 1. The maximum Gasteiger partial charge on any atom is 0.324 e. The van der Waals surface area contributed by atoms with Crippen LogP contribution in [0.3, 0.4) is 0 Å². The van der Waals surface area contributed by atoms with Crippen molar-refractivity contribution in [2.45, 2.75) is 18.9 Å². The predicted molar refractivity (Wildman–Crippen MR) is 98.9 cm³/mol. The van der Waals surface area contributed by atoms with Crippen LogP contribution in [0, 0.1) is 0 Å². The first-order valence-electron chi connectivity index (χ1n) is 8.66. The van der Waals surface area contributed by atoms with Gasteiger partial charge in [-0.25, -0.2) is 4.79 Å². The average molecular weight is 369 g/mol. The number of nitrogens with one attached hydrogen (secondary N) is 1. The number of carbonyl (C=O) groups excluding carboxylic acids is 3. The Morgan fingerprint density at radius 3 is 2.38 bits per heavy atom. The summed E-state index contributed by atoms with van der Waals surface area (Å²) in [5.41, 5.74) is 1.77. The van der Waals surface area contributed by atoms with Gasteiger partial charge in [-0.3, -0.25) is 14.5 Å². The summed E-state index contributed by atoms with van der Waals surface area (Å²) in [6.45, 7) is 1.18. The fourth-order valence-corrected chi connectivity index (χ4v) is 4.27. The summed E-state index contributed by atoms with van der Waals surface area (Å²) in [7, 11) is 0. The number of amides is 4. The van der Waals surface area contributed by atoms with Gasteiger partial charge in [-0.1, -0.05) is 18.2 Å². The quantitative estimate of drug-likeness (QED) is 0.846. The molecule has 1 aromatic heterocycles. The maximum absolute atomic E-state index is 12.7. The summed E-state index contributed by atoms with van der Waals surface area (Å²) >= 11 is 1.67. The van der Waals surface area contributed by atoms with E-state index in [1.54, 1.807) is 16.2 Å². The predicted octanol–water partition coefficient (Wildman–Crippen LogP) is 2.57. The van der Waals surface area contributed by atoms with Gasteiger partial charge in [0.15, 0.2) is 0 Å². The Bertz CT molecular complexity index is 808. The molecule has 7 heteroatoms. The molecule has 6 nitrogen and oxygen atoms in total. The van der Waals surface area contributed by atoms with E-state index in [9.17, 15) is 14.4 Å². The SMILES string of the molecule is O=C(c1ccc(-c2cccs2)cc1)N1CCC(N2C(=O)CNC2=O)CC1. The normalized spacial score (nSPS) is 18.3. The minimum absolute atomic E-state index is 0.00150.